The summed E-state index contributed by atoms with van der Waals surface area (Å²) in [5.74, 6) is 0.523. The smallest absolute Gasteiger partial charge is 0.123 e. The summed E-state index contributed by atoms with van der Waals surface area (Å²) in [7, 11) is 0. The number of benzene rings is 1. The predicted octanol–water partition coefficient (Wildman–Crippen LogP) is 3.07. The van der Waals surface area contributed by atoms with Crippen LogP contribution >= 0.6 is 12.0 Å². The second kappa shape index (κ2) is 6.82. The van der Waals surface area contributed by atoms with Gasteiger partial charge in [-0.15, -0.1) is 0 Å². The molecule has 1 unspecified atom stereocenters. The van der Waals surface area contributed by atoms with Gasteiger partial charge >= 0.3 is 0 Å². The van der Waals surface area contributed by atoms with Crippen LogP contribution in [0, 0.1) is 5.82 Å². The Morgan fingerprint density at radius 3 is 3.00 bits per heavy atom. The SMILES string of the molecule is CC(NCCCSO)c1cccc(F)c1. The molecule has 0 radical (unpaired) electrons. The molecule has 2 nitrogen and oxygen atoms in total. The van der Waals surface area contributed by atoms with Crippen LogP contribution < -0.4 is 5.32 Å². The molecule has 15 heavy (non-hydrogen) atoms. The summed E-state index contributed by atoms with van der Waals surface area (Å²) in [5, 5.41) is 3.27. The Balaban J connectivity index is 2.36. The van der Waals surface area contributed by atoms with Crippen LogP contribution in [0.4, 0.5) is 4.39 Å². The number of nitrogens with one attached hydrogen (secondary N) is 1. The van der Waals surface area contributed by atoms with Crippen molar-refractivity contribution in [1.29, 1.82) is 0 Å². The van der Waals surface area contributed by atoms with Crippen molar-refractivity contribution in [2.75, 3.05) is 12.3 Å². The molecule has 0 spiro atoms. The van der Waals surface area contributed by atoms with E-state index in [0.29, 0.717) is 0 Å². The second-order valence-corrected chi connectivity index (χ2v) is 4.08. The van der Waals surface area contributed by atoms with Gasteiger partial charge < -0.3 is 9.87 Å². The van der Waals surface area contributed by atoms with E-state index < -0.39 is 0 Å². The van der Waals surface area contributed by atoms with Gasteiger partial charge in [0.05, 0.1) is 0 Å². The van der Waals surface area contributed by atoms with Gasteiger partial charge in [0.1, 0.15) is 5.82 Å². The van der Waals surface area contributed by atoms with E-state index in [-0.39, 0.29) is 11.9 Å². The third kappa shape index (κ3) is 4.64. The molecule has 0 bridgehead atoms. The number of hydrogen-bond donors (Lipinski definition) is 2. The first kappa shape index (κ1) is 12.5. The second-order valence-electron chi connectivity index (χ2n) is 3.42. The fourth-order valence-corrected chi connectivity index (χ4v) is 1.62. The van der Waals surface area contributed by atoms with Crippen molar-refractivity contribution in [2.45, 2.75) is 19.4 Å². The van der Waals surface area contributed by atoms with Gasteiger partial charge in [-0.3, -0.25) is 0 Å². The van der Waals surface area contributed by atoms with E-state index in [9.17, 15) is 4.39 Å². The lowest BCUT2D eigenvalue weighted by atomic mass is 10.1. The molecule has 0 fully saturated rings. The molecule has 1 aromatic rings. The Labute approximate surface area is 94.1 Å². The van der Waals surface area contributed by atoms with Crippen molar-refractivity contribution in [1.82, 2.24) is 5.32 Å². The third-order valence-corrected chi connectivity index (χ3v) is 2.68. The molecule has 2 N–H and O–H groups in total. The van der Waals surface area contributed by atoms with E-state index in [4.69, 9.17) is 4.55 Å². The van der Waals surface area contributed by atoms with Crippen molar-refractivity contribution in [2.24, 2.45) is 0 Å². The van der Waals surface area contributed by atoms with Crippen LogP contribution in [0.2, 0.25) is 0 Å². The number of halogens is 1. The van der Waals surface area contributed by atoms with Crippen LogP contribution in [0.25, 0.3) is 0 Å². The molecule has 0 aliphatic rings. The molecule has 0 amide bonds. The first-order valence-corrected chi connectivity index (χ1v) is 5.93. The molecular weight excluding hydrogens is 213 g/mol. The Kier molecular flexibility index (Phi) is 5.68. The van der Waals surface area contributed by atoms with Crippen molar-refractivity contribution >= 4 is 12.0 Å². The number of rotatable bonds is 6. The summed E-state index contributed by atoms with van der Waals surface area (Å²) in [6.07, 6.45) is 0.904. The van der Waals surface area contributed by atoms with Gasteiger partial charge in [-0.1, -0.05) is 12.1 Å². The minimum absolute atomic E-state index is 0.143. The first-order chi connectivity index (χ1) is 7.24. The van der Waals surface area contributed by atoms with E-state index in [1.165, 1.54) is 6.07 Å². The topological polar surface area (TPSA) is 32.3 Å². The van der Waals surface area contributed by atoms with Crippen LogP contribution in [-0.2, 0) is 0 Å². The fraction of sp³-hybridized carbons (Fsp3) is 0.455. The lowest BCUT2D eigenvalue weighted by Gasteiger charge is -2.13. The molecule has 0 saturated carbocycles. The summed E-state index contributed by atoms with van der Waals surface area (Å²) < 4.78 is 21.4. The molecular formula is C11H16FNOS. The fourth-order valence-electron chi connectivity index (χ4n) is 1.35. The van der Waals surface area contributed by atoms with E-state index in [2.05, 4.69) is 5.32 Å². The van der Waals surface area contributed by atoms with E-state index in [1.807, 2.05) is 13.0 Å². The predicted molar refractivity (Wildman–Crippen MR) is 62.5 cm³/mol. The monoisotopic (exact) mass is 229 g/mol. The van der Waals surface area contributed by atoms with Crippen molar-refractivity contribution < 1.29 is 8.94 Å². The minimum atomic E-state index is -0.202. The molecule has 0 heterocycles. The summed E-state index contributed by atoms with van der Waals surface area (Å²) in [6.45, 7) is 2.83. The van der Waals surface area contributed by atoms with Gasteiger partial charge in [0, 0.05) is 11.8 Å². The first-order valence-electron chi connectivity index (χ1n) is 4.99. The largest absolute Gasteiger partial charge is 0.330 e. The maximum atomic E-state index is 12.9. The quantitative estimate of drug-likeness (QED) is 0.581. The Morgan fingerprint density at radius 2 is 2.33 bits per heavy atom. The maximum absolute atomic E-state index is 12.9. The van der Waals surface area contributed by atoms with E-state index in [1.54, 1.807) is 12.1 Å². The van der Waals surface area contributed by atoms with Crippen LogP contribution in [-0.4, -0.2) is 16.9 Å². The van der Waals surface area contributed by atoms with Crippen LogP contribution in [0.1, 0.15) is 24.9 Å². The molecule has 1 aromatic carbocycles. The van der Waals surface area contributed by atoms with E-state index >= 15 is 0 Å². The van der Waals surface area contributed by atoms with Crippen LogP contribution in [0.3, 0.4) is 0 Å². The summed E-state index contributed by atoms with van der Waals surface area (Å²) in [4.78, 5) is 0. The standard InChI is InChI=1S/C11H16FNOS/c1-9(13-6-3-7-15-14)10-4-2-5-11(12)8-10/h2,4-5,8-9,13-14H,3,6-7H2,1H3. The lowest BCUT2D eigenvalue weighted by Crippen LogP contribution is -2.20. The van der Waals surface area contributed by atoms with Gasteiger partial charge in [0.2, 0.25) is 0 Å². The highest BCUT2D eigenvalue weighted by Gasteiger charge is 2.04. The number of hydrogen-bond acceptors (Lipinski definition) is 3. The highest BCUT2D eigenvalue weighted by atomic mass is 32.2. The van der Waals surface area contributed by atoms with Crippen LogP contribution in [0.5, 0.6) is 0 Å². The lowest BCUT2D eigenvalue weighted by molar-refractivity contribution is 0.561. The minimum Gasteiger partial charge on any atom is -0.330 e. The Hall–Kier alpha value is -0.580. The molecule has 1 rings (SSSR count). The highest BCUT2D eigenvalue weighted by Crippen LogP contribution is 2.13. The summed E-state index contributed by atoms with van der Waals surface area (Å²) in [5.41, 5.74) is 0.951. The molecule has 1 atom stereocenters. The Morgan fingerprint density at radius 1 is 1.53 bits per heavy atom. The Bertz CT molecular complexity index is 296. The molecule has 0 saturated heterocycles. The van der Waals surface area contributed by atoms with Crippen LogP contribution in [0.15, 0.2) is 24.3 Å². The average molecular weight is 229 g/mol. The van der Waals surface area contributed by atoms with Gasteiger partial charge in [0.15, 0.2) is 0 Å². The third-order valence-electron chi connectivity index (χ3n) is 2.21. The zero-order valence-electron chi connectivity index (χ0n) is 8.74. The van der Waals surface area contributed by atoms with E-state index in [0.717, 1.165) is 36.3 Å². The van der Waals surface area contributed by atoms with Crippen molar-refractivity contribution in [3.63, 3.8) is 0 Å². The van der Waals surface area contributed by atoms with Gasteiger partial charge in [-0.05, 0) is 49.6 Å². The van der Waals surface area contributed by atoms with Gasteiger partial charge in [0.25, 0.3) is 0 Å². The zero-order chi connectivity index (χ0) is 11.1. The van der Waals surface area contributed by atoms with Gasteiger partial charge in [-0.2, -0.15) is 0 Å². The average Bonchev–Trinajstić information content (AvgIpc) is 2.24. The highest BCUT2D eigenvalue weighted by molar-refractivity contribution is 7.93. The molecule has 84 valence electrons. The summed E-state index contributed by atoms with van der Waals surface area (Å²) in [6, 6.07) is 6.75. The maximum Gasteiger partial charge on any atom is 0.123 e. The van der Waals surface area contributed by atoms with Crippen molar-refractivity contribution in [3.8, 4) is 0 Å². The molecule has 0 aromatic heterocycles. The zero-order valence-corrected chi connectivity index (χ0v) is 9.56. The summed E-state index contributed by atoms with van der Waals surface area (Å²) >= 11 is 0.852. The van der Waals surface area contributed by atoms with Crippen molar-refractivity contribution in [3.05, 3.63) is 35.6 Å². The molecule has 4 heteroatoms. The molecule has 0 aliphatic heterocycles. The normalized spacial score (nSPS) is 12.7. The van der Waals surface area contributed by atoms with Gasteiger partial charge in [-0.25, -0.2) is 4.39 Å². The molecule has 0 aliphatic carbocycles.